The molecule has 1 heterocycles. The van der Waals surface area contributed by atoms with Crippen LogP contribution in [0.3, 0.4) is 0 Å². The molecule has 0 radical (unpaired) electrons. The van der Waals surface area contributed by atoms with Gasteiger partial charge in [-0.15, -0.1) is 0 Å². The Kier molecular flexibility index (Phi) is 2.82. The number of hydrogen-bond acceptors (Lipinski definition) is 3. The van der Waals surface area contributed by atoms with Crippen LogP contribution in [0.25, 0.3) is 22.6 Å². The normalized spacial score (nSPS) is 11.1. The summed E-state index contributed by atoms with van der Waals surface area (Å²) in [6, 6.07) is 9.57. The van der Waals surface area contributed by atoms with Crippen molar-refractivity contribution >= 4 is 32.7 Å². The Labute approximate surface area is 119 Å². The predicted octanol–water partition coefficient (Wildman–Crippen LogP) is 4.46. The highest BCUT2D eigenvalue weighted by Gasteiger charge is 2.14. The standard InChI is InChI=1S/C15H13BrN2O/c1-8-6-12-14(13(16)9(8)2)19-15(18-12)10-4-3-5-11(17)7-10/h3-7H,17H2,1-2H3. The van der Waals surface area contributed by atoms with Crippen LogP contribution in [-0.2, 0) is 0 Å². The molecule has 0 aliphatic heterocycles. The fourth-order valence-corrected chi connectivity index (χ4v) is 2.64. The third-order valence-corrected chi connectivity index (χ3v) is 4.22. The Morgan fingerprint density at radius 3 is 2.74 bits per heavy atom. The van der Waals surface area contributed by atoms with E-state index in [0.29, 0.717) is 11.6 Å². The number of fused-ring (bicyclic) bond motifs is 1. The maximum Gasteiger partial charge on any atom is 0.227 e. The van der Waals surface area contributed by atoms with Crippen LogP contribution in [0, 0.1) is 13.8 Å². The molecule has 3 rings (SSSR count). The molecule has 0 saturated heterocycles. The van der Waals surface area contributed by atoms with Gasteiger partial charge in [-0.1, -0.05) is 6.07 Å². The van der Waals surface area contributed by atoms with Gasteiger partial charge in [-0.2, -0.15) is 0 Å². The van der Waals surface area contributed by atoms with Crippen LogP contribution < -0.4 is 5.73 Å². The number of nitrogen functional groups attached to an aromatic ring is 1. The van der Waals surface area contributed by atoms with Gasteiger partial charge in [0.2, 0.25) is 5.89 Å². The van der Waals surface area contributed by atoms with Crippen molar-refractivity contribution in [3.8, 4) is 11.5 Å². The lowest BCUT2D eigenvalue weighted by atomic mass is 10.1. The second kappa shape index (κ2) is 4.38. The molecule has 96 valence electrons. The van der Waals surface area contributed by atoms with Gasteiger partial charge in [0, 0.05) is 11.3 Å². The van der Waals surface area contributed by atoms with Crippen LogP contribution in [0.5, 0.6) is 0 Å². The smallest absolute Gasteiger partial charge is 0.227 e. The lowest BCUT2D eigenvalue weighted by Gasteiger charge is -2.01. The number of aryl methyl sites for hydroxylation is 1. The van der Waals surface area contributed by atoms with Crippen molar-refractivity contribution in [3.05, 3.63) is 45.9 Å². The third kappa shape index (κ3) is 2.02. The maximum absolute atomic E-state index is 5.86. The van der Waals surface area contributed by atoms with Crippen molar-refractivity contribution in [2.24, 2.45) is 0 Å². The van der Waals surface area contributed by atoms with Crippen molar-refractivity contribution in [3.63, 3.8) is 0 Å². The van der Waals surface area contributed by atoms with E-state index in [-0.39, 0.29) is 0 Å². The van der Waals surface area contributed by atoms with Gasteiger partial charge in [0.1, 0.15) is 5.52 Å². The highest BCUT2D eigenvalue weighted by molar-refractivity contribution is 9.10. The van der Waals surface area contributed by atoms with Crippen molar-refractivity contribution in [1.29, 1.82) is 0 Å². The number of halogens is 1. The predicted molar refractivity (Wildman–Crippen MR) is 81.0 cm³/mol. The van der Waals surface area contributed by atoms with Crippen LogP contribution in [0.1, 0.15) is 11.1 Å². The van der Waals surface area contributed by atoms with Gasteiger partial charge < -0.3 is 10.2 Å². The van der Waals surface area contributed by atoms with Crippen LogP contribution in [0.15, 0.2) is 39.2 Å². The number of oxazole rings is 1. The van der Waals surface area contributed by atoms with Crippen molar-refractivity contribution in [1.82, 2.24) is 4.98 Å². The number of nitrogens with two attached hydrogens (primary N) is 1. The van der Waals surface area contributed by atoms with Crippen LogP contribution in [0.2, 0.25) is 0 Å². The van der Waals surface area contributed by atoms with Gasteiger partial charge in [0.15, 0.2) is 5.58 Å². The lowest BCUT2D eigenvalue weighted by molar-refractivity contribution is 0.617. The zero-order valence-corrected chi connectivity index (χ0v) is 12.3. The highest BCUT2D eigenvalue weighted by Crippen LogP contribution is 2.33. The minimum absolute atomic E-state index is 0.591. The van der Waals surface area contributed by atoms with Gasteiger partial charge in [-0.05, 0) is 65.2 Å². The molecule has 0 bridgehead atoms. The van der Waals surface area contributed by atoms with Gasteiger partial charge in [0.25, 0.3) is 0 Å². The van der Waals surface area contributed by atoms with Gasteiger partial charge in [-0.25, -0.2) is 4.98 Å². The fraction of sp³-hybridized carbons (Fsp3) is 0.133. The van der Waals surface area contributed by atoms with Crippen molar-refractivity contribution in [2.45, 2.75) is 13.8 Å². The Bertz CT molecular complexity index is 777. The van der Waals surface area contributed by atoms with E-state index in [9.17, 15) is 0 Å². The number of nitrogens with zero attached hydrogens (tertiary/aromatic N) is 1. The van der Waals surface area contributed by atoms with E-state index in [0.717, 1.165) is 21.1 Å². The van der Waals surface area contributed by atoms with E-state index in [1.165, 1.54) is 11.1 Å². The molecule has 0 unspecified atom stereocenters. The number of anilines is 1. The largest absolute Gasteiger partial charge is 0.435 e. The SMILES string of the molecule is Cc1cc2nc(-c3cccc(N)c3)oc2c(Br)c1C. The molecule has 0 saturated carbocycles. The van der Waals surface area contributed by atoms with Crippen molar-refractivity contribution in [2.75, 3.05) is 5.73 Å². The molecule has 19 heavy (non-hydrogen) atoms. The first-order valence-corrected chi connectivity index (χ1v) is 6.77. The topological polar surface area (TPSA) is 52.0 Å². The van der Waals surface area contributed by atoms with Gasteiger partial charge >= 0.3 is 0 Å². The molecular weight excluding hydrogens is 304 g/mol. The summed E-state index contributed by atoms with van der Waals surface area (Å²) in [5.41, 5.74) is 11.4. The number of hydrogen-bond donors (Lipinski definition) is 1. The molecule has 2 aromatic carbocycles. The van der Waals surface area contributed by atoms with Crippen LogP contribution in [-0.4, -0.2) is 4.98 Å². The molecule has 1 aromatic heterocycles. The first-order chi connectivity index (χ1) is 9.06. The number of benzene rings is 2. The summed E-state index contributed by atoms with van der Waals surface area (Å²) < 4.78 is 6.83. The summed E-state index contributed by atoms with van der Waals surface area (Å²) in [5, 5.41) is 0. The minimum atomic E-state index is 0.591. The molecule has 0 aliphatic rings. The summed E-state index contributed by atoms with van der Waals surface area (Å²) in [4.78, 5) is 4.53. The molecule has 3 aromatic rings. The van der Waals surface area contributed by atoms with Gasteiger partial charge in [-0.3, -0.25) is 0 Å². The van der Waals surface area contributed by atoms with Crippen molar-refractivity contribution < 1.29 is 4.42 Å². The summed E-state index contributed by atoms with van der Waals surface area (Å²) in [7, 11) is 0. The Morgan fingerprint density at radius 2 is 2.00 bits per heavy atom. The summed E-state index contributed by atoms with van der Waals surface area (Å²) in [6.45, 7) is 4.12. The molecule has 0 amide bonds. The average molecular weight is 317 g/mol. The van der Waals surface area contributed by atoms with E-state index in [1.807, 2.05) is 30.3 Å². The first-order valence-electron chi connectivity index (χ1n) is 5.98. The zero-order valence-electron chi connectivity index (χ0n) is 10.7. The summed E-state index contributed by atoms with van der Waals surface area (Å²) in [6.07, 6.45) is 0. The third-order valence-electron chi connectivity index (χ3n) is 3.26. The molecule has 0 spiro atoms. The van der Waals surface area contributed by atoms with E-state index in [4.69, 9.17) is 10.2 Å². The first kappa shape index (κ1) is 12.2. The molecule has 0 fully saturated rings. The van der Waals surface area contributed by atoms with E-state index >= 15 is 0 Å². The monoisotopic (exact) mass is 316 g/mol. The average Bonchev–Trinajstić information content (AvgIpc) is 2.80. The Balaban J connectivity index is 2.25. The second-order valence-corrected chi connectivity index (χ2v) is 5.42. The number of rotatable bonds is 1. The second-order valence-electron chi connectivity index (χ2n) is 4.63. The Hall–Kier alpha value is -1.81. The van der Waals surface area contributed by atoms with Gasteiger partial charge in [0.05, 0.1) is 4.47 Å². The quantitative estimate of drug-likeness (QED) is 0.674. The fourth-order valence-electron chi connectivity index (χ4n) is 2.04. The zero-order chi connectivity index (χ0) is 13.6. The number of aromatic nitrogens is 1. The molecule has 3 nitrogen and oxygen atoms in total. The Morgan fingerprint density at radius 1 is 1.21 bits per heavy atom. The summed E-state index contributed by atoms with van der Waals surface area (Å²) >= 11 is 3.57. The molecule has 0 aliphatic carbocycles. The summed E-state index contributed by atoms with van der Waals surface area (Å²) in [5.74, 6) is 0.591. The minimum Gasteiger partial charge on any atom is -0.435 e. The van der Waals surface area contributed by atoms with E-state index in [2.05, 4.69) is 34.8 Å². The highest BCUT2D eigenvalue weighted by atomic mass is 79.9. The van der Waals surface area contributed by atoms with Crippen LogP contribution >= 0.6 is 15.9 Å². The van der Waals surface area contributed by atoms with E-state index in [1.54, 1.807) is 0 Å². The maximum atomic E-state index is 5.86. The molecule has 4 heteroatoms. The van der Waals surface area contributed by atoms with E-state index < -0.39 is 0 Å². The lowest BCUT2D eigenvalue weighted by Crippen LogP contribution is -1.84. The molecule has 2 N–H and O–H groups in total. The molecule has 0 atom stereocenters. The molecular formula is C15H13BrN2O. The van der Waals surface area contributed by atoms with Crippen LogP contribution in [0.4, 0.5) is 5.69 Å².